The minimum Gasteiger partial charge on any atom is -0.459 e. The number of nitrogens with zero attached hydrogens (tertiary/aromatic N) is 2. The minimum absolute atomic E-state index is 0.0210. The number of aliphatic hydroxyl groups excluding tert-OH is 1. The van der Waals surface area contributed by atoms with Gasteiger partial charge in [-0.1, -0.05) is 48.5 Å². The molecule has 8 nitrogen and oxygen atoms in total. The number of amides is 2. The first-order valence-electron chi connectivity index (χ1n) is 13.6. The maximum atomic E-state index is 13.8. The second-order valence-corrected chi connectivity index (χ2v) is 10.2. The Morgan fingerprint density at radius 3 is 2.45 bits per heavy atom. The van der Waals surface area contributed by atoms with Crippen molar-refractivity contribution in [1.82, 2.24) is 10.2 Å². The van der Waals surface area contributed by atoms with Crippen molar-refractivity contribution in [3.05, 3.63) is 78.1 Å². The van der Waals surface area contributed by atoms with E-state index in [2.05, 4.69) is 22.3 Å². The van der Waals surface area contributed by atoms with Gasteiger partial charge in [0.2, 0.25) is 12.2 Å². The van der Waals surface area contributed by atoms with Crippen LogP contribution >= 0.6 is 0 Å². The summed E-state index contributed by atoms with van der Waals surface area (Å²) in [5, 5.41) is 12.5. The first kappa shape index (κ1) is 26.3. The zero-order valence-electron chi connectivity index (χ0n) is 21.9. The molecule has 8 heteroatoms. The van der Waals surface area contributed by atoms with E-state index in [0.717, 1.165) is 17.7 Å². The number of likely N-dealkylation sites (tertiary alicyclic amines) is 1. The number of piperidine rings is 1. The summed E-state index contributed by atoms with van der Waals surface area (Å²) < 4.78 is 12.2. The fourth-order valence-electron chi connectivity index (χ4n) is 6.08. The number of carbonyl (C=O) groups excluding carboxylic acids is 2. The molecule has 3 aliphatic heterocycles. The van der Waals surface area contributed by atoms with Crippen molar-refractivity contribution in [2.24, 2.45) is 5.92 Å². The SMILES string of the molecule is CCO[C@@H]1OC(C(=O)N2CCC3(CC2)C(=O)NCN3c2ccccc2)=C[C@H](c2ccccc2)[C@@H]1CCCO. The number of carbonyl (C=O) groups is 2. The third-order valence-electron chi connectivity index (χ3n) is 8.09. The summed E-state index contributed by atoms with van der Waals surface area (Å²) in [6.45, 7) is 3.85. The lowest BCUT2D eigenvalue weighted by Crippen LogP contribution is -2.57. The quantitative estimate of drug-likeness (QED) is 0.556. The molecule has 5 rings (SSSR count). The monoisotopic (exact) mass is 519 g/mol. The summed E-state index contributed by atoms with van der Waals surface area (Å²) in [7, 11) is 0. The van der Waals surface area contributed by atoms with Crippen LogP contribution in [0.5, 0.6) is 0 Å². The topological polar surface area (TPSA) is 91.3 Å². The maximum absolute atomic E-state index is 13.8. The molecule has 0 aliphatic carbocycles. The number of hydrogen-bond donors (Lipinski definition) is 2. The van der Waals surface area contributed by atoms with E-state index < -0.39 is 11.8 Å². The van der Waals surface area contributed by atoms with Gasteiger partial charge in [-0.15, -0.1) is 0 Å². The maximum Gasteiger partial charge on any atom is 0.288 e. The lowest BCUT2D eigenvalue weighted by molar-refractivity contribution is -0.171. The van der Waals surface area contributed by atoms with E-state index in [-0.39, 0.29) is 30.3 Å². The standard InChI is InChI=1S/C30H37N3O5/c1-2-37-28-24(14-9-19-34)25(22-10-5-3-6-11-22)20-26(38-28)27(35)32-17-15-30(16-18-32)29(36)31-21-33(30)23-12-7-4-8-13-23/h3-8,10-13,20,24-25,28,34H,2,9,14-19,21H2,1H3,(H,31,36)/t24-,25+,28+/m0/s1. The van der Waals surface area contributed by atoms with Crippen molar-refractivity contribution in [3.63, 3.8) is 0 Å². The summed E-state index contributed by atoms with van der Waals surface area (Å²) in [5.74, 6) is 0.0542. The Balaban J connectivity index is 1.36. The van der Waals surface area contributed by atoms with Crippen molar-refractivity contribution in [3.8, 4) is 0 Å². The molecule has 0 radical (unpaired) electrons. The van der Waals surface area contributed by atoms with Gasteiger partial charge in [-0.05, 0) is 56.4 Å². The predicted octanol–water partition coefficient (Wildman–Crippen LogP) is 3.39. The van der Waals surface area contributed by atoms with Gasteiger partial charge < -0.3 is 29.7 Å². The number of hydrogen-bond acceptors (Lipinski definition) is 6. The second-order valence-electron chi connectivity index (χ2n) is 10.2. The molecular formula is C30H37N3O5. The molecule has 0 unspecified atom stereocenters. The Bertz CT molecular complexity index is 1130. The largest absolute Gasteiger partial charge is 0.459 e. The molecule has 1 spiro atoms. The van der Waals surface area contributed by atoms with Gasteiger partial charge in [-0.3, -0.25) is 9.59 Å². The Labute approximate surface area is 224 Å². The van der Waals surface area contributed by atoms with E-state index in [0.29, 0.717) is 51.4 Å². The molecule has 2 aromatic rings. The first-order chi connectivity index (χ1) is 18.6. The number of aliphatic hydroxyl groups is 1. The van der Waals surface area contributed by atoms with Crippen LogP contribution in [0.2, 0.25) is 0 Å². The summed E-state index contributed by atoms with van der Waals surface area (Å²) in [6, 6.07) is 20.0. The van der Waals surface area contributed by atoms with Crippen LogP contribution in [0.4, 0.5) is 5.69 Å². The fraction of sp³-hybridized carbons (Fsp3) is 0.467. The van der Waals surface area contributed by atoms with Crippen LogP contribution in [0.3, 0.4) is 0 Å². The molecule has 202 valence electrons. The van der Waals surface area contributed by atoms with Gasteiger partial charge in [0.1, 0.15) is 5.54 Å². The van der Waals surface area contributed by atoms with Crippen LogP contribution in [0.25, 0.3) is 0 Å². The molecule has 3 atom stereocenters. The zero-order chi connectivity index (χ0) is 26.5. The fourth-order valence-corrected chi connectivity index (χ4v) is 6.08. The number of anilines is 1. The van der Waals surface area contributed by atoms with Crippen LogP contribution in [0.1, 0.15) is 44.1 Å². The van der Waals surface area contributed by atoms with Crippen LogP contribution in [0, 0.1) is 5.92 Å². The van der Waals surface area contributed by atoms with Gasteiger partial charge in [-0.25, -0.2) is 0 Å². The highest BCUT2D eigenvalue weighted by atomic mass is 16.7. The van der Waals surface area contributed by atoms with Crippen LogP contribution in [-0.4, -0.2) is 66.6 Å². The third-order valence-corrected chi connectivity index (χ3v) is 8.09. The Morgan fingerprint density at radius 1 is 1.11 bits per heavy atom. The molecular weight excluding hydrogens is 482 g/mol. The molecule has 0 bridgehead atoms. The Morgan fingerprint density at radius 2 is 1.79 bits per heavy atom. The molecule has 2 aromatic carbocycles. The Kier molecular flexibility index (Phi) is 8.00. The highest BCUT2D eigenvalue weighted by Crippen LogP contribution is 2.41. The molecule has 2 N–H and O–H groups in total. The van der Waals surface area contributed by atoms with Crippen molar-refractivity contribution in [2.45, 2.75) is 50.4 Å². The molecule has 3 heterocycles. The first-order valence-corrected chi connectivity index (χ1v) is 13.6. The average Bonchev–Trinajstić information content (AvgIpc) is 3.27. The molecule has 0 aromatic heterocycles. The highest BCUT2D eigenvalue weighted by molar-refractivity contribution is 5.95. The molecule has 2 amide bonds. The number of nitrogens with one attached hydrogen (secondary N) is 1. The van der Waals surface area contributed by atoms with Gasteiger partial charge in [0.15, 0.2) is 5.76 Å². The van der Waals surface area contributed by atoms with E-state index in [1.807, 2.05) is 61.5 Å². The van der Waals surface area contributed by atoms with Crippen LogP contribution < -0.4 is 10.2 Å². The van der Waals surface area contributed by atoms with Gasteiger partial charge >= 0.3 is 0 Å². The third kappa shape index (κ3) is 5.02. The van der Waals surface area contributed by atoms with Gasteiger partial charge in [0, 0.05) is 43.8 Å². The van der Waals surface area contributed by atoms with Gasteiger partial charge in [0.25, 0.3) is 5.91 Å². The molecule has 38 heavy (non-hydrogen) atoms. The van der Waals surface area contributed by atoms with E-state index in [1.54, 1.807) is 4.90 Å². The normalized spacial score (nSPS) is 24.6. The lowest BCUT2D eigenvalue weighted by Gasteiger charge is -2.44. The minimum atomic E-state index is -0.657. The van der Waals surface area contributed by atoms with Crippen LogP contribution in [0.15, 0.2) is 72.5 Å². The van der Waals surface area contributed by atoms with E-state index in [9.17, 15) is 14.7 Å². The van der Waals surface area contributed by atoms with E-state index in [1.165, 1.54) is 0 Å². The predicted molar refractivity (Wildman–Crippen MR) is 144 cm³/mol. The molecule has 2 saturated heterocycles. The molecule has 0 saturated carbocycles. The second kappa shape index (κ2) is 11.6. The molecule has 2 fully saturated rings. The summed E-state index contributed by atoms with van der Waals surface area (Å²) in [5.41, 5.74) is 1.44. The summed E-state index contributed by atoms with van der Waals surface area (Å²) in [6.07, 6.45) is 3.79. The number of para-hydroxylation sites is 1. The van der Waals surface area contributed by atoms with Crippen LogP contribution in [-0.2, 0) is 19.1 Å². The zero-order valence-corrected chi connectivity index (χ0v) is 21.9. The van der Waals surface area contributed by atoms with Crippen molar-refractivity contribution in [1.29, 1.82) is 0 Å². The number of allylic oxidation sites excluding steroid dienone is 1. The molecule has 3 aliphatic rings. The van der Waals surface area contributed by atoms with E-state index in [4.69, 9.17) is 9.47 Å². The van der Waals surface area contributed by atoms with Gasteiger partial charge in [-0.2, -0.15) is 0 Å². The number of ether oxygens (including phenoxy) is 2. The smallest absolute Gasteiger partial charge is 0.288 e. The van der Waals surface area contributed by atoms with Crippen molar-refractivity contribution >= 4 is 17.5 Å². The summed E-state index contributed by atoms with van der Waals surface area (Å²) in [4.78, 5) is 30.7. The number of benzene rings is 2. The lowest BCUT2D eigenvalue weighted by atomic mass is 9.80. The number of rotatable bonds is 8. The van der Waals surface area contributed by atoms with Crippen molar-refractivity contribution in [2.75, 3.05) is 37.9 Å². The highest BCUT2D eigenvalue weighted by Gasteiger charge is 2.51. The van der Waals surface area contributed by atoms with E-state index >= 15 is 0 Å². The average molecular weight is 520 g/mol. The van der Waals surface area contributed by atoms with Gasteiger partial charge in [0.05, 0.1) is 6.67 Å². The Hall–Kier alpha value is -3.36. The van der Waals surface area contributed by atoms with Crippen molar-refractivity contribution < 1.29 is 24.2 Å². The summed E-state index contributed by atoms with van der Waals surface area (Å²) >= 11 is 0.